The minimum atomic E-state index is -3.30. The second-order valence-corrected chi connectivity index (χ2v) is 6.85. The molecule has 1 rings (SSSR count). The lowest BCUT2D eigenvalue weighted by Gasteiger charge is -2.16. The monoisotopic (exact) mass is 300 g/mol. The molecule has 0 spiro atoms. The number of aryl methyl sites for hydroxylation is 1. The zero-order valence-electron chi connectivity index (χ0n) is 11.0. The summed E-state index contributed by atoms with van der Waals surface area (Å²) in [5, 5.41) is 0. The predicted molar refractivity (Wildman–Crippen MR) is 82.5 cm³/mol. The van der Waals surface area contributed by atoms with E-state index in [1.807, 2.05) is 37.3 Å². The molecule has 0 bridgehead atoms. The zero-order chi connectivity index (χ0) is 14.3. The molecule has 0 saturated carbocycles. The highest BCUT2D eigenvalue weighted by Gasteiger charge is 2.17. The third kappa shape index (κ3) is 6.66. The Morgan fingerprint density at radius 3 is 2.53 bits per heavy atom. The van der Waals surface area contributed by atoms with E-state index in [1.54, 1.807) is 0 Å². The number of rotatable bonds is 8. The third-order valence-electron chi connectivity index (χ3n) is 2.79. The average Bonchev–Trinajstić information content (AvgIpc) is 2.36. The van der Waals surface area contributed by atoms with Crippen molar-refractivity contribution in [1.82, 2.24) is 4.72 Å². The first-order chi connectivity index (χ1) is 8.93. The molecule has 3 N–H and O–H groups in total. The van der Waals surface area contributed by atoms with Gasteiger partial charge < -0.3 is 5.73 Å². The van der Waals surface area contributed by atoms with Gasteiger partial charge in [-0.05, 0) is 18.4 Å². The molecule has 106 valence electrons. The van der Waals surface area contributed by atoms with Crippen molar-refractivity contribution in [3.63, 3.8) is 0 Å². The van der Waals surface area contributed by atoms with E-state index in [0.29, 0.717) is 24.3 Å². The maximum absolute atomic E-state index is 12.0. The molecular formula is C13H20N2O2S2. The lowest BCUT2D eigenvalue weighted by atomic mass is 10.2. The largest absolute Gasteiger partial charge is 0.393 e. The maximum atomic E-state index is 12.0. The first-order valence-electron chi connectivity index (χ1n) is 6.25. The molecule has 0 aliphatic rings. The van der Waals surface area contributed by atoms with Crippen LogP contribution in [0, 0.1) is 0 Å². The summed E-state index contributed by atoms with van der Waals surface area (Å²) in [5.41, 5.74) is 6.46. The van der Waals surface area contributed by atoms with E-state index in [2.05, 4.69) is 4.72 Å². The Hall–Kier alpha value is -0.980. The number of nitrogens with one attached hydrogen (secondary N) is 1. The molecule has 0 aliphatic heterocycles. The molecule has 19 heavy (non-hydrogen) atoms. The third-order valence-corrected chi connectivity index (χ3v) is 4.39. The number of hydrogen-bond donors (Lipinski definition) is 2. The van der Waals surface area contributed by atoms with Gasteiger partial charge in [0.1, 0.15) is 0 Å². The highest BCUT2D eigenvalue weighted by Crippen LogP contribution is 2.04. The normalized spacial score (nSPS) is 13.1. The van der Waals surface area contributed by atoms with E-state index in [0.717, 1.165) is 5.56 Å². The van der Waals surface area contributed by atoms with Gasteiger partial charge in [0.25, 0.3) is 0 Å². The quantitative estimate of drug-likeness (QED) is 0.715. The molecule has 0 aromatic heterocycles. The van der Waals surface area contributed by atoms with E-state index < -0.39 is 10.0 Å². The molecule has 0 aliphatic carbocycles. The van der Waals surface area contributed by atoms with Crippen molar-refractivity contribution in [1.29, 1.82) is 0 Å². The van der Waals surface area contributed by atoms with Crippen LogP contribution in [0.1, 0.15) is 25.3 Å². The summed E-state index contributed by atoms with van der Waals surface area (Å²) >= 11 is 4.81. The second kappa shape index (κ2) is 7.57. The Kier molecular flexibility index (Phi) is 6.41. The first kappa shape index (κ1) is 16.1. The average molecular weight is 300 g/mol. The molecule has 0 heterocycles. The Bertz CT molecular complexity index is 501. The Balaban J connectivity index is 2.53. The Labute approximate surface area is 120 Å². The van der Waals surface area contributed by atoms with E-state index in [1.165, 1.54) is 0 Å². The van der Waals surface area contributed by atoms with Crippen molar-refractivity contribution in [2.45, 2.75) is 32.2 Å². The summed E-state index contributed by atoms with van der Waals surface area (Å²) in [6.45, 7) is 1.91. The van der Waals surface area contributed by atoms with Gasteiger partial charge in [0.05, 0.1) is 10.7 Å². The van der Waals surface area contributed by atoms with Gasteiger partial charge in [-0.15, -0.1) is 0 Å². The molecule has 0 fully saturated rings. The van der Waals surface area contributed by atoms with Crippen LogP contribution in [0.25, 0.3) is 0 Å². The molecule has 1 atom stereocenters. The van der Waals surface area contributed by atoms with Gasteiger partial charge in [-0.1, -0.05) is 49.5 Å². The number of thiocarbonyl (C=S) groups is 1. The van der Waals surface area contributed by atoms with Gasteiger partial charge in [-0.25, -0.2) is 13.1 Å². The van der Waals surface area contributed by atoms with Gasteiger partial charge >= 0.3 is 0 Å². The summed E-state index contributed by atoms with van der Waals surface area (Å²) in [7, 11) is -3.30. The molecule has 1 aromatic rings. The van der Waals surface area contributed by atoms with Crippen molar-refractivity contribution in [2.24, 2.45) is 5.73 Å². The van der Waals surface area contributed by atoms with Crippen LogP contribution >= 0.6 is 12.2 Å². The van der Waals surface area contributed by atoms with Crippen LogP contribution < -0.4 is 10.5 Å². The SMILES string of the molecule is CCC(CC(N)=S)NS(=O)(=O)CCc1ccccc1. The van der Waals surface area contributed by atoms with Crippen LogP contribution in [0.15, 0.2) is 30.3 Å². The number of benzene rings is 1. The van der Waals surface area contributed by atoms with Crippen LogP contribution in [-0.4, -0.2) is 25.2 Å². The van der Waals surface area contributed by atoms with Crippen molar-refractivity contribution in [3.05, 3.63) is 35.9 Å². The molecule has 0 amide bonds. The molecule has 0 radical (unpaired) electrons. The van der Waals surface area contributed by atoms with Crippen LogP contribution in [-0.2, 0) is 16.4 Å². The van der Waals surface area contributed by atoms with Gasteiger partial charge in [0.15, 0.2) is 0 Å². The number of hydrogen-bond acceptors (Lipinski definition) is 3. The highest BCUT2D eigenvalue weighted by atomic mass is 32.2. The molecule has 6 heteroatoms. The fraction of sp³-hybridized carbons (Fsp3) is 0.462. The van der Waals surface area contributed by atoms with Gasteiger partial charge in [0, 0.05) is 12.5 Å². The minimum absolute atomic E-state index is 0.0743. The molecule has 0 saturated heterocycles. The Morgan fingerprint density at radius 2 is 2.00 bits per heavy atom. The second-order valence-electron chi connectivity index (χ2n) is 4.45. The van der Waals surface area contributed by atoms with Crippen LogP contribution in [0.4, 0.5) is 0 Å². The minimum Gasteiger partial charge on any atom is -0.393 e. The first-order valence-corrected chi connectivity index (χ1v) is 8.31. The fourth-order valence-electron chi connectivity index (χ4n) is 1.72. The summed E-state index contributed by atoms with van der Waals surface area (Å²) in [6.07, 6.45) is 1.57. The predicted octanol–water partition coefficient (Wildman–Crippen LogP) is 1.60. The van der Waals surface area contributed by atoms with Crippen molar-refractivity contribution >= 4 is 27.2 Å². The number of nitrogens with two attached hydrogens (primary N) is 1. The van der Waals surface area contributed by atoms with Crippen LogP contribution in [0.2, 0.25) is 0 Å². The fourth-order valence-corrected chi connectivity index (χ4v) is 3.30. The highest BCUT2D eigenvalue weighted by molar-refractivity contribution is 7.89. The van der Waals surface area contributed by atoms with E-state index in [9.17, 15) is 8.42 Å². The van der Waals surface area contributed by atoms with Crippen molar-refractivity contribution in [2.75, 3.05) is 5.75 Å². The zero-order valence-corrected chi connectivity index (χ0v) is 12.6. The summed E-state index contributed by atoms with van der Waals surface area (Å²) in [5.74, 6) is 0.0743. The van der Waals surface area contributed by atoms with Crippen LogP contribution in [0.5, 0.6) is 0 Å². The lowest BCUT2D eigenvalue weighted by molar-refractivity contribution is 0.546. The summed E-state index contributed by atoms with van der Waals surface area (Å²) in [4.78, 5) is 0.331. The van der Waals surface area contributed by atoms with Crippen LogP contribution in [0.3, 0.4) is 0 Å². The number of sulfonamides is 1. The maximum Gasteiger partial charge on any atom is 0.212 e. The molecule has 1 aromatic carbocycles. The van der Waals surface area contributed by atoms with E-state index in [4.69, 9.17) is 18.0 Å². The molecular weight excluding hydrogens is 280 g/mol. The summed E-state index contributed by atoms with van der Waals surface area (Å²) in [6, 6.07) is 9.34. The standard InChI is InChI=1S/C13H20N2O2S2/c1-2-12(10-13(14)18)15-19(16,17)9-8-11-6-4-3-5-7-11/h3-7,12,15H,2,8-10H2,1H3,(H2,14,18). The molecule has 4 nitrogen and oxygen atoms in total. The van der Waals surface area contributed by atoms with Gasteiger partial charge in [-0.2, -0.15) is 0 Å². The summed E-state index contributed by atoms with van der Waals surface area (Å²) < 4.78 is 26.6. The van der Waals surface area contributed by atoms with E-state index >= 15 is 0 Å². The Morgan fingerprint density at radius 1 is 1.37 bits per heavy atom. The van der Waals surface area contributed by atoms with E-state index in [-0.39, 0.29) is 11.8 Å². The smallest absolute Gasteiger partial charge is 0.212 e. The van der Waals surface area contributed by atoms with Gasteiger partial charge in [0.2, 0.25) is 10.0 Å². The lowest BCUT2D eigenvalue weighted by Crippen LogP contribution is -2.38. The van der Waals surface area contributed by atoms with Crippen molar-refractivity contribution < 1.29 is 8.42 Å². The van der Waals surface area contributed by atoms with Crippen molar-refractivity contribution in [3.8, 4) is 0 Å². The van der Waals surface area contributed by atoms with Gasteiger partial charge in [-0.3, -0.25) is 0 Å². The molecule has 1 unspecified atom stereocenters. The topological polar surface area (TPSA) is 72.2 Å².